The van der Waals surface area contributed by atoms with Gasteiger partial charge in [-0.2, -0.15) is 5.10 Å². The van der Waals surface area contributed by atoms with Gasteiger partial charge in [0.25, 0.3) is 5.91 Å². The van der Waals surface area contributed by atoms with Gasteiger partial charge in [0.05, 0.1) is 5.02 Å². The Kier molecular flexibility index (Phi) is 5.99. The van der Waals surface area contributed by atoms with Crippen LogP contribution in [0.2, 0.25) is 5.02 Å². The van der Waals surface area contributed by atoms with Crippen molar-refractivity contribution in [2.45, 2.75) is 52.0 Å². The second kappa shape index (κ2) is 8.86. The summed E-state index contributed by atoms with van der Waals surface area (Å²) in [6, 6.07) is 4.32. The molecule has 2 aromatic heterocycles. The Balaban J connectivity index is 1.31. The average molecular weight is 499 g/mol. The minimum absolute atomic E-state index is 0.00547. The molecular formula is C25H28ClFN6O2. The maximum atomic E-state index is 13.4. The zero-order chi connectivity index (χ0) is 24.8. The van der Waals surface area contributed by atoms with Crippen molar-refractivity contribution < 1.29 is 14.0 Å². The summed E-state index contributed by atoms with van der Waals surface area (Å²) >= 11 is 5.84. The maximum absolute atomic E-state index is 13.4. The molecule has 0 atom stereocenters. The lowest BCUT2D eigenvalue weighted by atomic mass is 9.52. The fourth-order valence-corrected chi connectivity index (χ4v) is 5.84. The molecule has 3 saturated carbocycles. The highest BCUT2D eigenvalue weighted by molar-refractivity contribution is 6.30. The minimum atomic E-state index is -0.506. The van der Waals surface area contributed by atoms with Gasteiger partial charge in [-0.25, -0.2) is 14.4 Å². The quantitative estimate of drug-likeness (QED) is 0.499. The number of amides is 1. The lowest BCUT2D eigenvalue weighted by Crippen LogP contribution is -2.47. The van der Waals surface area contributed by atoms with Crippen LogP contribution in [-0.4, -0.2) is 38.0 Å². The highest BCUT2D eigenvalue weighted by Crippen LogP contribution is 2.57. The van der Waals surface area contributed by atoms with Crippen molar-refractivity contribution in [1.82, 2.24) is 25.1 Å². The van der Waals surface area contributed by atoms with Crippen molar-refractivity contribution in [1.29, 1.82) is 0 Å². The van der Waals surface area contributed by atoms with Crippen LogP contribution < -0.4 is 10.6 Å². The Morgan fingerprint density at radius 3 is 2.51 bits per heavy atom. The molecule has 3 aliphatic carbocycles. The molecular weight excluding hydrogens is 471 g/mol. The highest BCUT2D eigenvalue weighted by atomic mass is 35.5. The van der Waals surface area contributed by atoms with Gasteiger partial charge in [-0.1, -0.05) is 17.7 Å². The molecule has 0 radical (unpaired) electrons. The molecule has 0 spiro atoms. The van der Waals surface area contributed by atoms with Gasteiger partial charge >= 0.3 is 0 Å². The van der Waals surface area contributed by atoms with Gasteiger partial charge in [-0.05, 0) is 68.6 Å². The Bertz CT molecular complexity index is 1300. The number of Topliss-reactive ketones (excluding diaryl/α,β-unsaturated/α-hetero) is 1. The summed E-state index contributed by atoms with van der Waals surface area (Å²) in [7, 11) is 1.76. The van der Waals surface area contributed by atoms with Gasteiger partial charge in [-0.3, -0.25) is 14.3 Å². The van der Waals surface area contributed by atoms with E-state index >= 15 is 0 Å². The monoisotopic (exact) mass is 498 g/mol. The number of nitrogens with one attached hydrogen (secondary N) is 2. The predicted octanol–water partition coefficient (Wildman–Crippen LogP) is 4.43. The molecule has 0 unspecified atom stereocenters. The highest BCUT2D eigenvalue weighted by Gasteiger charge is 2.50. The van der Waals surface area contributed by atoms with Crippen molar-refractivity contribution in [2.75, 3.05) is 11.9 Å². The number of benzene rings is 1. The van der Waals surface area contributed by atoms with E-state index in [1.54, 1.807) is 24.7 Å². The van der Waals surface area contributed by atoms with E-state index in [1.165, 1.54) is 18.5 Å². The molecule has 1 amide bonds. The van der Waals surface area contributed by atoms with Crippen LogP contribution in [0, 0.1) is 16.6 Å². The Labute approximate surface area is 207 Å². The van der Waals surface area contributed by atoms with E-state index in [-0.39, 0.29) is 34.0 Å². The summed E-state index contributed by atoms with van der Waals surface area (Å²) in [6.45, 7) is 2.67. The summed E-state index contributed by atoms with van der Waals surface area (Å²) in [5, 5.41) is 10.9. The van der Waals surface area contributed by atoms with Gasteiger partial charge in [0.15, 0.2) is 11.5 Å². The van der Waals surface area contributed by atoms with Crippen molar-refractivity contribution in [3.63, 3.8) is 0 Å². The first kappa shape index (κ1) is 23.7. The molecule has 2 N–H and O–H groups in total. The van der Waals surface area contributed by atoms with Crippen LogP contribution >= 0.6 is 11.6 Å². The van der Waals surface area contributed by atoms with E-state index in [0.717, 1.165) is 45.1 Å². The smallest absolute Gasteiger partial charge is 0.272 e. The summed E-state index contributed by atoms with van der Waals surface area (Å²) in [5.74, 6) is 0.0617. The fraction of sp³-hybridized carbons (Fsp3) is 0.480. The number of ketones is 1. The first-order chi connectivity index (χ1) is 16.7. The van der Waals surface area contributed by atoms with Gasteiger partial charge in [0, 0.05) is 25.6 Å². The van der Waals surface area contributed by atoms with Gasteiger partial charge in [0.2, 0.25) is 0 Å². The standard InChI is InChI=1S/C25H28ClFN6O2/c1-15(34)25-8-5-24(6-9-25,7-10-25)13-29-22-19-21(33(2)32-22)20(31-14-30-19)23(35)28-12-16-3-4-18(27)17(26)11-16/h3-4,11,14H,5-10,12-13H2,1-2H3,(H,28,35)(H,29,32). The molecule has 3 aromatic rings. The van der Waals surface area contributed by atoms with Crippen LogP contribution in [0.25, 0.3) is 11.0 Å². The summed E-state index contributed by atoms with van der Waals surface area (Å²) in [5.41, 5.74) is 2.06. The first-order valence-corrected chi connectivity index (χ1v) is 12.2. The topological polar surface area (TPSA) is 102 Å². The number of aromatic nitrogens is 4. The average Bonchev–Trinajstić information content (AvgIpc) is 3.20. The number of aryl methyl sites for hydroxylation is 1. The lowest BCUT2D eigenvalue weighted by molar-refractivity contribution is -0.135. The second-order valence-electron chi connectivity index (χ2n) is 10.0. The number of hydrogen-bond acceptors (Lipinski definition) is 6. The van der Waals surface area contributed by atoms with Crippen molar-refractivity contribution in [3.8, 4) is 0 Å². The zero-order valence-corrected chi connectivity index (χ0v) is 20.6. The summed E-state index contributed by atoms with van der Waals surface area (Å²) in [6.07, 6.45) is 7.32. The van der Waals surface area contributed by atoms with Gasteiger partial charge in [-0.15, -0.1) is 0 Å². The molecule has 0 saturated heterocycles. The minimum Gasteiger partial charge on any atom is -0.366 e. The van der Waals surface area contributed by atoms with E-state index in [1.807, 2.05) is 0 Å². The van der Waals surface area contributed by atoms with E-state index in [9.17, 15) is 14.0 Å². The Morgan fingerprint density at radius 1 is 1.14 bits per heavy atom. The normalized spacial score (nSPS) is 23.4. The first-order valence-electron chi connectivity index (χ1n) is 11.9. The van der Waals surface area contributed by atoms with E-state index < -0.39 is 5.82 Å². The number of carbonyl (C=O) groups is 2. The van der Waals surface area contributed by atoms with Gasteiger partial charge in [0.1, 0.15) is 29.0 Å². The van der Waals surface area contributed by atoms with Crippen molar-refractivity contribution in [3.05, 3.63) is 46.6 Å². The van der Waals surface area contributed by atoms with Gasteiger partial charge < -0.3 is 10.6 Å². The number of hydrogen-bond donors (Lipinski definition) is 2. The molecule has 10 heteroatoms. The molecule has 8 nitrogen and oxygen atoms in total. The van der Waals surface area contributed by atoms with Crippen LogP contribution in [0.1, 0.15) is 61.5 Å². The molecule has 1 aromatic carbocycles. The number of rotatable bonds is 7. The summed E-state index contributed by atoms with van der Waals surface area (Å²) < 4.78 is 15.0. The largest absolute Gasteiger partial charge is 0.366 e. The lowest BCUT2D eigenvalue weighted by Gasteiger charge is -2.52. The third-order valence-electron chi connectivity index (χ3n) is 8.05. The van der Waals surface area contributed by atoms with Crippen LogP contribution in [-0.2, 0) is 18.4 Å². The molecule has 184 valence electrons. The maximum Gasteiger partial charge on any atom is 0.272 e. The summed E-state index contributed by atoms with van der Waals surface area (Å²) in [4.78, 5) is 33.7. The third-order valence-corrected chi connectivity index (χ3v) is 8.34. The number of anilines is 1. The fourth-order valence-electron chi connectivity index (χ4n) is 5.63. The molecule has 0 aliphatic heterocycles. The zero-order valence-electron chi connectivity index (χ0n) is 19.8. The molecule has 3 fully saturated rings. The molecule has 3 aliphatic rings. The molecule has 6 rings (SSSR count). The van der Waals surface area contributed by atoms with Crippen LogP contribution in [0.15, 0.2) is 24.5 Å². The third kappa shape index (κ3) is 4.26. The molecule has 2 heterocycles. The van der Waals surface area contributed by atoms with E-state index in [0.29, 0.717) is 28.2 Å². The number of nitrogens with zero attached hydrogens (tertiary/aromatic N) is 4. The number of fused-ring (bicyclic) bond motifs is 4. The van der Waals surface area contributed by atoms with Crippen LogP contribution in [0.5, 0.6) is 0 Å². The Hall–Kier alpha value is -3.07. The van der Waals surface area contributed by atoms with Crippen molar-refractivity contribution in [2.24, 2.45) is 17.9 Å². The number of halogens is 2. The predicted molar refractivity (Wildman–Crippen MR) is 131 cm³/mol. The molecule has 2 bridgehead atoms. The van der Waals surface area contributed by atoms with E-state index in [4.69, 9.17) is 11.6 Å². The van der Waals surface area contributed by atoms with Crippen molar-refractivity contribution >= 4 is 40.1 Å². The number of carbonyl (C=O) groups excluding carboxylic acids is 2. The second-order valence-corrected chi connectivity index (χ2v) is 10.4. The SMILES string of the molecule is CC(=O)C12CCC(CNc3nn(C)c4c(C(=O)NCc5ccc(F)c(Cl)c5)ncnc34)(CC1)CC2. The van der Waals surface area contributed by atoms with Crippen LogP contribution in [0.4, 0.5) is 10.2 Å². The molecule has 35 heavy (non-hydrogen) atoms. The van der Waals surface area contributed by atoms with E-state index in [2.05, 4.69) is 25.7 Å². The van der Waals surface area contributed by atoms with Crippen LogP contribution in [0.3, 0.4) is 0 Å². The Morgan fingerprint density at radius 2 is 1.86 bits per heavy atom.